The quantitative estimate of drug-likeness (QED) is 0.113. The SMILES string of the molecule is COc1ccc2c(c1)ncn2-c1nc(OCc2ccccc2C(F)(F)F)c(C(N)=O)s1.COc1ccc2ncn(-c3nc(OCc4ccccc4C(F)(F)F)c(C(N)=O)s3)c2c1. The minimum atomic E-state index is -4.53. The summed E-state index contributed by atoms with van der Waals surface area (Å²) in [6.45, 7) is -0.862. The third-order valence-corrected chi connectivity index (χ3v) is 11.0. The Kier molecular flexibility index (Phi) is 12.1. The summed E-state index contributed by atoms with van der Waals surface area (Å²) in [5, 5.41) is 0.657. The van der Waals surface area contributed by atoms with E-state index in [0.29, 0.717) is 43.8 Å². The Morgan fingerprint density at radius 3 is 1.55 bits per heavy atom. The molecule has 4 aromatic heterocycles. The van der Waals surface area contributed by atoms with Crippen molar-refractivity contribution >= 4 is 56.6 Å². The number of benzene rings is 4. The summed E-state index contributed by atoms with van der Waals surface area (Å²) in [5.74, 6) is -0.656. The Morgan fingerprint density at radius 2 is 1.06 bits per heavy atom. The lowest BCUT2D eigenvalue weighted by Gasteiger charge is -2.12. The molecule has 8 aromatic rings. The number of hydrogen-bond acceptors (Lipinski definition) is 12. The predicted octanol–water partition coefficient (Wildman–Crippen LogP) is 8.37. The van der Waals surface area contributed by atoms with Crippen LogP contribution in [0.15, 0.2) is 97.6 Å². The van der Waals surface area contributed by atoms with Crippen molar-refractivity contribution in [2.75, 3.05) is 14.2 Å². The average molecular weight is 897 g/mol. The van der Waals surface area contributed by atoms with Gasteiger partial charge in [0.05, 0.1) is 47.4 Å². The van der Waals surface area contributed by atoms with Crippen LogP contribution in [0.5, 0.6) is 23.3 Å². The number of ether oxygens (including phenoxy) is 4. The van der Waals surface area contributed by atoms with Gasteiger partial charge >= 0.3 is 12.4 Å². The van der Waals surface area contributed by atoms with Crippen molar-refractivity contribution in [3.63, 3.8) is 0 Å². The van der Waals surface area contributed by atoms with Crippen molar-refractivity contribution in [1.29, 1.82) is 0 Å². The van der Waals surface area contributed by atoms with E-state index in [2.05, 4.69) is 19.9 Å². The van der Waals surface area contributed by atoms with Gasteiger partial charge in [-0.25, -0.2) is 9.97 Å². The molecule has 0 saturated heterocycles. The van der Waals surface area contributed by atoms with Gasteiger partial charge in [-0.2, -0.15) is 36.3 Å². The van der Waals surface area contributed by atoms with Crippen LogP contribution in [0.3, 0.4) is 0 Å². The molecular weight excluding hydrogens is 867 g/mol. The number of aromatic nitrogens is 6. The van der Waals surface area contributed by atoms with Gasteiger partial charge < -0.3 is 30.4 Å². The summed E-state index contributed by atoms with van der Waals surface area (Å²) in [6.07, 6.45) is -6.04. The van der Waals surface area contributed by atoms with Crippen LogP contribution in [0.2, 0.25) is 0 Å². The van der Waals surface area contributed by atoms with E-state index in [4.69, 9.17) is 30.4 Å². The van der Waals surface area contributed by atoms with E-state index >= 15 is 0 Å². The van der Waals surface area contributed by atoms with Gasteiger partial charge in [-0.05, 0) is 36.4 Å². The van der Waals surface area contributed by atoms with Crippen molar-refractivity contribution in [2.45, 2.75) is 25.6 Å². The molecule has 4 aromatic carbocycles. The molecule has 0 aliphatic heterocycles. The van der Waals surface area contributed by atoms with E-state index in [0.717, 1.165) is 34.8 Å². The van der Waals surface area contributed by atoms with Crippen molar-refractivity contribution in [2.24, 2.45) is 11.5 Å². The molecule has 14 nitrogen and oxygen atoms in total. The number of nitrogens with two attached hydrogens (primary N) is 2. The molecule has 0 fully saturated rings. The minimum Gasteiger partial charge on any atom is -0.497 e. The molecule has 22 heteroatoms. The Labute approximate surface area is 353 Å². The molecule has 0 unspecified atom stereocenters. The first-order valence-electron chi connectivity index (χ1n) is 17.8. The standard InChI is InChI=1S/2C20H15F3N4O3S/c1-29-12-6-7-15-14(8-12)25-10-27(15)19-26-18(16(31-19)17(24)28)30-9-11-4-2-3-5-13(11)20(21,22)23;1-29-12-6-7-14-15(8-12)27(10-25-14)19-26-18(16(31-19)17(24)28)30-9-11-4-2-3-5-13(11)20(21,22)23/h2*2-8,10H,9H2,1H3,(H2,24,28). The van der Waals surface area contributed by atoms with Gasteiger partial charge in [-0.3, -0.25) is 18.7 Å². The number of carbonyl (C=O) groups is 2. The molecule has 62 heavy (non-hydrogen) atoms. The Balaban J connectivity index is 0.000000186. The number of imidazole rings is 2. The summed E-state index contributed by atoms with van der Waals surface area (Å²) in [5.41, 5.74) is 11.7. The number of halogens is 6. The van der Waals surface area contributed by atoms with Gasteiger partial charge in [0, 0.05) is 23.3 Å². The summed E-state index contributed by atoms with van der Waals surface area (Å²) in [7, 11) is 3.07. The number of rotatable bonds is 12. The second-order valence-corrected chi connectivity index (χ2v) is 14.8. The van der Waals surface area contributed by atoms with Crippen LogP contribution < -0.4 is 30.4 Å². The molecule has 4 N–H and O–H groups in total. The summed E-state index contributed by atoms with van der Waals surface area (Å²) in [4.78, 5) is 40.9. The fourth-order valence-electron chi connectivity index (χ4n) is 5.98. The van der Waals surface area contributed by atoms with E-state index in [9.17, 15) is 35.9 Å². The average Bonchev–Trinajstić information content (AvgIpc) is 4.06. The fourth-order valence-corrected chi connectivity index (χ4v) is 7.68. The lowest BCUT2D eigenvalue weighted by atomic mass is 10.1. The monoisotopic (exact) mass is 896 g/mol. The first kappa shape index (κ1) is 42.9. The van der Waals surface area contributed by atoms with Crippen LogP contribution in [0.4, 0.5) is 26.3 Å². The van der Waals surface area contributed by atoms with Gasteiger partial charge in [0.25, 0.3) is 11.8 Å². The second-order valence-electron chi connectivity index (χ2n) is 12.8. The summed E-state index contributed by atoms with van der Waals surface area (Å²) < 4.78 is 104. The maximum Gasteiger partial charge on any atom is 0.416 e. The van der Waals surface area contributed by atoms with Crippen LogP contribution in [0, 0.1) is 0 Å². The Hall–Kier alpha value is -7.20. The van der Waals surface area contributed by atoms with E-state index in [1.165, 1.54) is 56.2 Å². The van der Waals surface area contributed by atoms with Crippen molar-refractivity contribution in [1.82, 2.24) is 29.1 Å². The number of amides is 2. The molecular formula is C40H30F6N8O6S2. The molecule has 0 spiro atoms. The fraction of sp³-hybridized carbons (Fsp3) is 0.150. The molecule has 0 bridgehead atoms. The zero-order chi connectivity index (χ0) is 44.3. The maximum absolute atomic E-state index is 13.2. The maximum atomic E-state index is 13.2. The lowest BCUT2D eigenvalue weighted by Crippen LogP contribution is -2.13. The second kappa shape index (κ2) is 17.4. The number of nitrogens with zero attached hydrogens (tertiary/aromatic N) is 6. The Morgan fingerprint density at radius 1 is 0.613 bits per heavy atom. The smallest absolute Gasteiger partial charge is 0.416 e. The van der Waals surface area contributed by atoms with E-state index in [-0.39, 0.29) is 32.6 Å². The highest BCUT2D eigenvalue weighted by molar-refractivity contribution is 7.16. The minimum absolute atomic E-state index is 0.00477. The number of carbonyl (C=O) groups excluding carboxylic acids is 2. The third kappa shape index (κ3) is 9.10. The first-order valence-corrected chi connectivity index (χ1v) is 19.4. The molecule has 0 radical (unpaired) electrons. The van der Waals surface area contributed by atoms with Gasteiger partial charge in [-0.15, -0.1) is 0 Å². The van der Waals surface area contributed by atoms with Crippen molar-refractivity contribution in [3.05, 3.63) is 130 Å². The molecule has 320 valence electrons. The highest BCUT2D eigenvalue weighted by atomic mass is 32.1. The number of fused-ring (bicyclic) bond motifs is 2. The highest BCUT2D eigenvalue weighted by Crippen LogP contribution is 2.36. The summed E-state index contributed by atoms with van der Waals surface area (Å²) >= 11 is 1.90. The van der Waals surface area contributed by atoms with E-state index < -0.39 is 48.5 Å². The van der Waals surface area contributed by atoms with E-state index in [1.54, 1.807) is 52.6 Å². The van der Waals surface area contributed by atoms with E-state index in [1.807, 2.05) is 0 Å². The molecule has 4 heterocycles. The van der Waals surface area contributed by atoms with Crippen LogP contribution in [-0.2, 0) is 25.6 Å². The van der Waals surface area contributed by atoms with Crippen molar-refractivity contribution in [3.8, 4) is 33.5 Å². The molecule has 8 rings (SSSR count). The molecule has 2 amide bonds. The molecule has 0 saturated carbocycles. The zero-order valence-electron chi connectivity index (χ0n) is 32.0. The van der Waals surface area contributed by atoms with Gasteiger partial charge in [-0.1, -0.05) is 59.1 Å². The Bertz CT molecular complexity index is 2920. The number of alkyl halides is 6. The molecule has 0 aliphatic carbocycles. The molecule has 0 atom stereocenters. The number of hydrogen-bond donors (Lipinski definition) is 2. The predicted molar refractivity (Wildman–Crippen MR) is 215 cm³/mol. The van der Waals surface area contributed by atoms with Crippen molar-refractivity contribution < 1.29 is 54.9 Å². The number of thiazole rings is 2. The van der Waals surface area contributed by atoms with Gasteiger partial charge in [0.1, 0.15) is 37.4 Å². The largest absolute Gasteiger partial charge is 0.497 e. The zero-order valence-corrected chi connectivity index (χ0v) is 33.7. The van der Waals surface area contributed by atoms with Crippen LogP contribution in [0.25, 0.3) is 32.3 Å². The number of methoxy groups -OCH3 is 2. The number of primary amides is 2. The third-order valence-electron chi connectivity index (χ3n) is 8.91. The van der Waals surface area contributed by atoms with Gasteiger partial charge in [0.2, 0.25) is 11.8 Å². The van der Waals surface area contributed by atoms with Crippen LogP contribution in [-0.4, -0.2) is 55.1 Å². The first-order chi connectivity index (χ1) is 29.5. The van der Waals surface area contributed by atoms with Crippen LogP contribution in [0.1, 0.15) is 41.6 Å². The van der Waals surface area contributed by atoms with Gasteiger partial charge in [0.15, 0.2) is 20.0 Å². The van der Waals surface area contributed by atoms with Crippen LogP contribution >= 0.6 is 22.7 Å². The lowest BCUT2D eigenvalue weighted by molar-refractivity contribution is -0.139. The molecule has 0 aliphatic rings. The normalized spacial score (nSPS) is 11.6. The summed E-state index contributed by atoms with van der Waals surface area (Å²) in [6, 6.07) is 20.6. The highest BCUT2D eigenvalue weighted by Gasteiger charge is 2.34. The topological polar surface area (TPSA) is 185 Å².